The van der Waals surface area contributed by atoms with Gasteiger partial charge in [0.25, 0.3) is 0 Å². The first kappa shape index (κ1) is 46.1. The monoisotopic (exact) mass is 477 g/mol. The first-order valence-corrected chi connectivity index (χ1v) is 3.91. The molecule has 0 aliphatic rings. The van der Waals surface area contributed by atoms with Crippen molar-refractivity contribution in [2.24, 2.45) is 0 Å². The van der Waals surface area contributed by atoms with Gasteiger partial charge in [-0.05, 0) is 0 Å². The van der Waals surface area contributed by atoms with E-state index in [1.165, 1.54) is 0 Å². The van der Waals surface area contributed by atoms with Gasteiger partial charge in [0.2, 0.25) is 0 Å². The Balaban J connectivity index is -0.0000000238. The summed E-state index contributed by atoms with van der Waals surface area (Å²) in [5, 5.41) is 132. The first-order chi connectivity index (χ1) is 10.0. The van der Waals surface area contributed by atoms with E-state index in [9.17, 15) is 0 Å². The minimum atomic E-state index is -3.25. The quantitative estimate of drug-likeness (QED) is 0.0896. The van der Waals surface area contributed by atoms with Crippen molar-refractivity contribution in [1.82, 2.24) is 0 Å². The molecule has 0 saturated heterocycles. The summed E-state index contributed by atoms with van der Waals surface area (Å²) in [5.74, 6) is 0. The van der Waals surface area contributed by atoms with Crippen LogP contribution in [0.5, 0.6) is 0 Å². The van der Waals surface area contributed by atoms with Crippen molar-refractivity contribution in [1.29, 1.82) is 0 Å². The number of hydrogen-bond donors (Lipinski definition) is 15. The van der Waals surface area contributed by atoms with E-state index in [4.69, 9.17) is 104 Å². The molecule has 0 rings (SSSR count). The van der Waals surface area contributed by atoms with E-state index in [1.807, 2.05) is 0 Å². The molecule has 27 heteroatoms. The van der Waals surface area contributed by atoms with E-state index in [2.05, 4.69) is 0 Å². The maximum atomic E-state index is 8.71. The van der Waals surface area contributed by atoms with Crippen molar-refractivity contribution in [2.75, 3.05) is 0 Å². The SMILES string of the molecule is [AlH3].[Ca+2].[H-].[H-].[O-][N+](O)(O)O.[O-][N+](O)(O)O.[O-][N+](O)(O)O.[O-][N+](O)(O)O.[O-][N+](O)(O)O. The molecule has 0 aromatic heterocycles. The summed E-state index contributed by atoms with van der Waals surface area (Å²) in [4.78, 5) is 0. The summed E-state index contributed by atoms with van der Waals surface area (Å²) in [6.07, 6.45) is 0. The normalized spacial score (nSPS) is 11.1. The number of quaternary nitrogens is 5. The molecule has 0 radical (unpaired) electrons. The van der Waals surface area contributed by atoms with Crippen LogP contribution in [0.2, 0.25) is 0 Å². The van der Waals surface area contributed by atoms with Crippen molar-refractivity contribution < 1.29 is 107 Å². The summed E-state index contributed by atoms with van der Waals surface area (Å²) in [7, 11) is 0. The topological polar surface area (TPSA) is 419 Å². The Hall–Kier alpha value is 0.792. The van der Waals surface area contributed by atoms with Crippen molar-refractivity contribution in [2.45, 2.75) is 0 Å². The molecule has 0 aromatic carbocycles. The second kappa shape index (κ2) is 18.8. The van der Waals surface area contributed by atoms with Crippen LogP contribution in [0.25, 0.3) is 0 Å². The fourth-order valence-corrected chi connectivity index (χ4v) is 0. The molecule has 0 saturated carbocycles. The van der Waals surface area contributed by atoms with Gasteiger partial charge in [-0.2, -0.15) is 0 Å². The zero-order chi connectivity index (χ0) is 22.5. The summed E-state index contributed by atoms with van der Waals surface area (Å²) in [6, 6.07) is 0. The maximum Gasteiger partial charge on any atom is 2.00 e. The van der Waals surface area contributed by atoms with Crippen LogP contribution in [-0.4, -0.2) is 159 Å². The van der Waals surface area contributed by atoms with Gasteiger partial charge in [-0.25, -0.2) is 0 Å². The molecule has 0 aliphatic carbocycles. The van der Waals surface area contributed by atoms with Crippen LogP contribution in [0.3, 0.4) is 0 Å². The third-order valence-electron chi connectivity index (χ3n) is 0. The first-order valence-electron chi connectivity index (χ1n) is 3.91. The van der Waals surface area contributed by atoms with E-state index in [1.54, 1.807) is 0 Å². The average Bonchev–Trinajstić information content (AvgIpc) is 1.79. The Morgan fingerprint density at radius 1 is 0.333 bits per heavy atom. The molecule has 170 valence electrons. The number of hydrogen-bond acceptors (Lipinski definition) is 20. The predicted molar refractivity (Wildman–Crippen MR) is 62.9 cm³/mol. The van der Waals surface area contributed by atoms with Gasteiger partial charge in [-0.1, -0.05) is 0 Å². The summed E-state index contributed by atoms with van der Waals surface area (Å²) in [5.41, 5.74) is 0. The summed E-state index contributed by atoms with van der Waals surface area (Å²) >= 11 is 0. The largest absolute Gasteiger partial charge is 2.00 e. The molecule has 0 fully saturated rings. The molecule has 0 aliphatic heterocycles. The fourth-order valence-electron chi connectivity index (χ4n) is 0. The molecule has 25 nitrogen and oxygen atoms in total. The van der Waals surface area contributed by atoms with Gasteiger partial charge in [0.1, 0.15) is 0 Å². The molecular formula is H20AlCaN5O20. The van der Waals surface area contributed by atoms with Crippen LogP contribution in [-0.2, 0) is 0 Å². The van der Waals surface area contributed by atoms with Gasteiger partial charge in [0.15, 0.2) is 17.4 Å². The van der Waals surface area contributed by atoms with Gasteiger partial charge in [-0.15, -0.1) is 78.1 Å². The van der Waals surface area contributed by atoms with Gasteiger partial charge in [-0.3, -0.25) is 0 Å². The zero-order valence-electron chi connectivity index (χ0n) is 13.7. The van der Waals surface area contributed by atoms with Crippen molar-refractivity contribution >= 4 is 55.1 Å². The third kappa shape index (κ3) is 26200. The van der Waals surface area contributed by atoms with Crippen molar-refractivity contribution in [3.63, 3.8) is 0 Å². The standard InChI is InChI=1S/Al.Ca.5H3NO4.5H/c;;5*2-1(3,4)5;;;;;/h;;5*2-4H;;;;;/q;+2;;;;;;;;;2*-1. The molecule has 0 unspecified atom stereocenters. The van der Waals surface area contributed by atoms with Gasteiger partial charge in [0, 0.05) is 0 Å². The predicted octanol–water partition coefficient (Wildman–Crippen LogP) is -4.00. The average molecular weight is 477 g/mol. The second-order valence-electron chi connectivity index (χ2n) is 2.57. The van der Waals surface area contributed by atoms with Crippen molar-refractivity contribution in [3.8, 4) is 0 Å². The Bertz CT molecular complexity index is 188. The van der Waals surface area contributed by atoms with E-state index in [0.29, 0.717) is 0 Å². The molecule has 0 amide bonds. The molecule has 0 heterocycles. The minimum Gasteiger partial charge on any atom is -1.00 e. The number of nitrogens with zero attached hydrogens (tertiary/aromatic N) is 5. The molecule has 0 spiro atoms. The van der Waals surface area contributed by atoms with Gasteiger partial charge >= 0.3 is 37.7 Å². The fraction of sp³-hybridized carbons (Fsp3) is 0. The van der Waals surface area contributed by atoms with E-state index >= 15 is 0 Å². The van der Waals surface area contributed by atoms with Crippen molar-refractivity contribution in [3.05, 3.63) is 26.0 Å². The molecule has 0 bridgehead atoms. The van der Waals surface area contributed by atoms with Crippen LogP contribution >= 0.6 is 0 Å². The summed E-state index contributed by atoms with van der Waals surface area (Å²) in [6.45, 7) is 0. The van der Waals surface area contributed by atoms with Crippen LogP contribution in [0.4, 0.5) is 0 Å². The molecule has 27 heavy (non-hydrogen) atoms. The molecule has 15 N–H and O–H groups in total. The Labute approximate surface area is 187 Å². The Morgan fingerprint density at radius 3 is 0.333 bits per heavy atom. The maximum absolute atomic E-state index is 8.71. The molecule has 0 atom stereocenters. The number of rotatable bonds is 0. The van der Waals surface area contributed by atoms with Crippen LogP contribution in [0, 0.1) is 26.0 Å². The molecular weight excluding hydrogens is 457 g/mol. The summed E-state index contributed by atoms with van der Waals surface area (Å²) < 4.78 is 0. The van der Waals surface area contributed by atoms with Crippen LogP contribution in [0.1, 0.15) is 2.85 Å². The smallest absolute Gasteiger partial charge is 1.00 e. The van der Waals surface area contributed by atoms with Gasteiger partial charge < -0.3 is 28.9 Å². The minimum absolute atomic E-state index is 0. The van der Waals surface area contributed by atoms with Gasteiger partial charge in [0.05, 0.1) is 25.7 Å². The van der Waals surface area contributed by atoms with E-state index in [0.717, 1.165) is 0 Å². The Morgan fingerprint density at radius 2 is 0.333 bits per heavy atom. The zero-order valence-corrected chi connectivity index (χ0v) is 13.9. The third-order valence-corrected chi connectivity index (χ3v) is 0. The van der Waals surface area contributed by atoms with Crippen LogP contribution < -0.4 is 0 Å². The Kier molecular flexibility index (Phi) is 32.1. The second-order valence-corrected chi connectivity index (χ2v) is 2.57. The molecule has 0 aromatic rings. The van der Waals surface area contributed by atoms with Crippen LogP contribution in [0.15, 0.2) is 0 Å². The van der Waals surface area contributed by atoms with E-state index < -0.39 is 25.7 Å². The van der Waals surface area contributed by atoms with E-state index in [-0.39, 0.29) is 58.0 Å².